The van der Waals surface area contributed by atoms with Crippen LogP contribution in [0.15, 0.2) is 42.7 Å². The van der Waals surface area contributed by atoms with Gasteiger partial charge >= 0.3 is 12.1 Å². The van der Waals surface area contributed by atoms with Gasteiger partial charge in [-0.1, -0.05) is 31.2 Å². The summed E-state index contributed by atoms with van der Waals surface area (Å²) >= 11 is 0. The number of halogens is 3. The van der Waals surface area contributed by atoms with E-state index in [1.165, 1.54) is 30.2 Å². The maximum Gasteiger partial charge on any atom is 0.490 e. The molecule has 1 spiro atoms. The van der Waals surface area contributed by atoms with Crippen LogP contribution in [0.1, 0.15) is 53.7 Å². The lowest BCUT2D eigenvalue weighted by atomic mass is 9.73. The largest absolute Gasteiger partial charge is 0.490 e. The minimum Gasteiger partial charge on any atom is -0.475 e. The van der Waals surface area contributed by atoms with E-state index in [2.05, 4.69) is 51.6 Å². The quantitative estimate of drug-likeness (QED) is 0.745. The lowest BCUT2D eigenvalue weighted by Gasteiger charge is -2.40. The number of likely N-dealkylation sites (tertiary alicyclic amines) is 1. The number of nitrogens with one attached hydrogen (secondary N) is 1. The molecule has 2 aliphatic rings. The average molecular weight is 450 g/mol. The predicted molar refractivity (Wildman–Crippen MR) is 110 cm³/mol. The molecule has 7 nitrogen and oxygen atoms in total. The molecule has 1 fully saturated rings. The maximum absolute atomic E-state index is 12.6. The normalized spacial score (nSPS) is 19.6. The second kappa shape index (κ2) is 9.64. The number of carbonyl (C=O) groups is 2. The molecule has 0 bridgehead atoms. The molecule has 0 saturated carbocycles. The van der Waals surface area contributed by atoms with Crippen molar-refractivity contribution < 1.29 is 27.9 Å². The van der Waals surface area contributed by atoms with Crippen LogP contribution in [-0.2, 0) is 10.2 Å². The fraction of sp³-hybridized carbons (Fsp3) is 0.455. The number of aromatic nitrogens is 2. The Bertz CT molecular complexity index is 945. The molecule has 0 radical (unpaired) electrons. The van der Waals surface area contributed by atoms with Crippen LogP contribution >= 0.6 is 0 Å². The van der Waals surface area contributed by atoms with E-state index < -0.39 is 12.1 Å². The molecule has 1 atom stereocenters. The van der Waals surface area contributed by atoms with Crippen molar-refractivity contribution in [1.29, 1.82) is 0 Å². The van der Waals surface area contributed by atoms with Crippen molar-refractivity contribution in [2.75, 3.05) is 19.6 Å². The van der Waals surface area contributed by atoms with Gasteiger partial charge in [-0.3, -0.25) is 4.79 Å². The van der Waals surface area contributed by atoms with E-state index in [0.29, 0.717) is 5.56 Å². The minimum absolute atomic E-state index is 0.0715. The summed E-state index contributed by atoms with van der Waals surface area (Å²) in [7, 11) is 0. The number of aliphatic carboxylic acids is 1. The summed E-state index contributed by atoms with van der Waals surface area (Å²) in [4.78, 5) is 24.0. The predicted octanol–water partition coefficient (Wildman–Crippen LogP) is 3.34. The second-order valence-corrected chi connectivity index (χ2v) is 7.97. The van der Waals surface area contributed by atoms with Crippen molar-refractivity contribution >= 4 is 11.9 Å². The molecule has 2 N–H and O–H groups in total. The van der Waals surface area contributed by atoms with E-state index in [1.54, 1.807) is 12.3 Å². The van der Waals surface area contributed by atoms with Crippen molar-refractivity contribution in [2.45, 2.75) is 43.8 Å². The number of benzene rings is 1. The van der Waals surface area contributed by atoms with Gasteiger partial charge in [-0.15, -0.1) is 0 Å². The third-order valence-electron chi connectivity index (χ3n) is 6.16. The van der Waals surface area contributed by atoms with E-state index in [-0.39, 0.29) is 17.4 Å². The molecule has 1 aromatic heterocycles. The van der Waals surface area contributed by atoms with Gasteiger partial charge < -0.3 is 15.3 Å². The van der Waals surface area contributed by atoms with Crippen molar-refractivity contribution in [3.8, 4) is 0 Å². The van der Waals surface area contributed by atoms with Gasteiger partial charge in [0.2, 0.25) is 0 Å². The highest BCUT2D eigenvalue weighted by molar-refractivity contribution is 5.94. The number of carboxylic acids is 1. The van der Waals surface area contributed by atoms with Crippen molar-refractivity contribution in [1.82, 2.24) is 20.4 Å². The average Bonchev–Trinajstić information content (AvgIpc) is 3.08. The molecular weight excluding hydrogens is 425 g/mol. The smallest absolute Gasteiger partial charge is 0.475 e. The van der Waals surface area contributed by atoms with E-state index in [0.717, 1.165) is 26.1 Å². The number of piperidine rings is 1. The first kappa shape index (κ1) is 23.6. The van der Waals surface area contributed by atoms with Gasteiger partial charge in [-0.05, 0) is 56.1 Å². The van der Waals surface area contributed by atoms with Crippen LogP contribution in [0.2, 0.25) is 0 Å². The van der Waals surface area contributed by atoms with Gasteiger partial charge in [0.25, 0.3) is 5.91 Å². The number of hydrogen-bond donors (Lipinski definition) is 2. The summed E-state index contributed by atoms with van der Waals surface area (Å²) in [6, 6.07) is 10.4. The fourth-order valence-electron chi connectivity index (χ4n) is 4.46. The van der Waals surface area contributed by atoms with Crippen molar-refractivity contribution in [2.24, 2.45) is 0 Å². The Morgan fingerprint density at radius 2 is 1.84 bits per heavy atom. The van der Waals surface area contributed by atoms with Gasteiger partial charge in [-0.25, -0.2) is 4.79 Å². The standard InChI is InChI=1S/C20H24N4O.C2HF3O2/c1-2-24-11-8-20(9-12-24)13-18(16-5-3-4-6-17(16)20)23-19(25)15-7-10-21-22-14-15;3-2(4,5)1(6)7/h3-7,10,14,18H,2,8-9,11-13H2,1H3,(H,23,25);(H,6,7). The van der Waals surface area contributed by atoms with E-state index in [1.807, 2.05) is 0 Å². The highest BCUT2D eigenvalue weighted by Gasteiger charge is 2.45. The van der Waals surface area contributed by atoms with Crippen LogP contribution in [-0.4, -0.2) is 57.9 Å². The first-order chi connectivity index (χ1) is 15.2. The van der Waals surface area contributed by atoms with Crippen LogP contribution in [0.4, 0.5) is 13.2 Å². The second-order valence-electron chi connectivity index (χ2n) is 7.97. The molecule has 172 valence electrons. The molecule has 2 aromatic rings. The summed E-state index contributed by atoms with van der Waals surface area (Å²) in [5.74, 6) is -2.83. The first-order valence-electron chi connectivity index (χ1n) is 10.4. The van der Waals surface area contributed by atoms with E-state index >= 15 is 0 Å². The number of hydrogen-bond acceptors (Lipinski definition) is 5. The lowest BCUT2D eigenvalue weighted by Crippen LogP contribution is -2.42. The third-order valence-corrected chi connectivity index (χ3v) is 6.16. The van der Waals surface area contributed by atoms with Crippen LogP contribution in [0.5, 0.6) is 0 Å². The van der Waals surface area contributed by atoms with Crippen molar-refractivity contribution in [3.05, 3.63) is 59.4 Å². The Hall–Kier alpha value is -3.01. The van der Waals surface area contributed by atoms with Crippen LogP contribution in [0.25, 0.3) is 0 Å². The number of amides is 1. The molecule has 1 aliphatic heterocycles. The number of fused-ring (bicyclic) bond motifs is 2. The van der Waals surface area contributed by atoms with Crippen LogP contribution < -0.4 is 5.32 Å². The highest BCUT2D eigenvalue weighted by atomic mass is 19.4. The molecule has 10 heteroatoms. The van der Waals surface area contributed by atoms with Gasteiger partial charge in [0, 0.05) is 5.41 Å². The van der Waals surface area contributed by atoms with Gasteiger partial charge in [-0.2, -0.15) is 23.4 Å². The molecule has 2 heterocycles. The molecule has 1 aromatic carbocycles. The molecular formula is C22H25F3N4O3. The SMILES string of the molecule is CCN1CCC2(CC1)CC(NC(=O)c1ccnnc1)c1ccccc12.O=C(O)C(F)(F)F. The Kier molecular flexibility index (Phi) is 7.12. The summed E-state index contributed by atoms with van der Waals surface area (Å²) in [6.07, 6.45) is 1.32. The van der Waals surface area contributed by atoms with Gasteiger partial charge in [0.1, 0.15) is 0 Å². The number of rotatable bonds is 3. The summed E-state index contributed by atoms with van der Waals surface area (Å²) in [5, 5.41) is 17.9. The Balaban J connectivity index is 0.000000360. The number of carboxylic acid groups (broad SMARTS) is 1. The molecule has 32 heavy (non-hydrogen) atoms. The molecule has 1 unspecified atom stereocenters. The van der Waals surface area contributed by atoms with Crippen LogP contribution in [0.3, 0.4) is 0 Å². The molecule has 1 aliphatic carbocycles. The van der Waals surface area contributed by atoms with Crippen LogP contribution in [0, 0.1) is 0 Å². The molecule has 1 amide bonds. The summed E-state index contributed by atoms with van der Waals surface area (Å²) < 4.78 is 31.7. The summed E-state index contributed by atoms with van der Waals surface area (Å²) in [5.41, 5.74) is 3.48. The first-order valence-corrected chi connectivity index (χ1v) is 10.4. The Morgan fingerprint density at radius 3 is 2.41 bits per heavy atom. The Morgan fingerprint density at radius 1 is 1.19 bits per heavy atom. The molecule has 1 saturated heterocycles. The molecule has 4 rings (SSSR count). The number of carbonyl (C=O) groups excluding carboxylic acids is 1. The zero-order valence-corrected chi connectivity index (χ0v) is 17.6. The van der Waals surface area contributed by atoms with Gasteiger partial charge in [0.15, 0.2) is 0 Å². The fourth-order valence-corrected chi connectivity index (χ4v) is 4.46. The zero-order chi connectivity index (χ0) is 23.4. The zero-order valence-electron chi connectivity index (χ0n) is 17.6. The third kappa shape index (κ3) is 5.24. The number of nitrogens with zero attached hydrogens (tertiary/aromatic N) is 3. The lowest BCUT2D eigenvalue weighted by molar-refractivity contribution is -0.192. The highest BCUT2D eigenvalue weighted by Crippen LogP contribution is 2.50. The summed E-state index contributed by atoms with van der Waals surface area (Å²) in [6.45, 7) is 5.62. The monoisotopic (exact) mass is 450 g/mol. The maximum atomic E-state index is 12.6. The Labute approximate surface area is 183 Å². The topological polar surface area (TPSA) is 95.4 Å². The minimum atomic E-state index is -5.08. The van der Waals surface area contributed by atoms with E-state index in [4.69, 9.17) is 9.90 Å². The number of alkyl halides is 3. The van der Waals surface area contributed by atoms with Gasteiger partial charge in [0.05, 0.1) is 24.0 Å². The van der Waals surface area contributed by atoms with E-state index in [9.17, 15) is 18.0 Å². The van der Waals surface area contributed by atoms with Crippen molar-refractivity contribution in [3.63, 3.8) is 0 Å².